The third-order valence-corrected chi connectivity index (χ3v) is 5.82. The number of nitrogens with zero attached hydrogens (tertiary/aromatic N) is 2. The van der Waals surface area contributed by atoms with E-state index in [1.807, 2.05) is 15.5 Å². The van der Waals surface area contributed by atoms with E-state index in [0.717, 1.165) is 12.1 Å². The Balaban J connectivity index is 1.40. The SMILES string of the molecule is O=C(CCC(=O)N1C[C@H]2C[C@@H](C1)c1cccc(=O)n1C2)c1ccc(Cl)cc1. The first kappa shape index (κ1) is 18.0. The summed E-state index contributed by atoms with van der Waals surface area (Å²) in [7, 11) is 0. The molecule has 2 bridgehead atoms. The molecule has 2 atom stereocenters. The summed E-state index contributed by atoms with van der Waals surface area (Å²) in [6, 6.07) is 12.1. The van der Waals surface area contributed by atoms with Crippen molar-refractivity contribution < 1.29 is 9.59 Å². The molecule has 6 heteroatoms. The summed E-state index contributed by atoms with van der Waals surface area (Å²) < 4.78 is 1.85. The van der Waals surface area contributed by atoms with Gasteiger partial charge in [0.25, 0.3) is 5.56 Å². The van der Waals surface area contributed by atoms with Crippen LogP contribution in [0, 0.1) is 5.92 Å². The van der Waals surface area contributed by atoms with Gasteiger partial charge in [0.15, 0.2) is 5.78 Å². The highest BCUT2D eigenvalue weighted by Crippen LogP contribution is 2.35. The molecule has 0 spiro atoms. The lowest BCUT2D eigenvalue weighted by Gasteiger charge is -2.42. The topological polar surface area (TPSA) is 59.4 Å². The zero-order valence-corrected chi connectivity index (χ0v) is 15.7. The highest BCUT2D eigenvalue weighted by Gasteiger charge is 2.36. The lowest BCUT2D eigenvalue weighted by Crippen LogP contribution is -2.49. The quantitative estimate of drug-likeness (QED) is 0.761. The molecule has 140 valence electrons. The number of Topliss-reactive ketones (excluding diaryl/α,β-unsaturated/α-hetero) is 1. The van der Waals surface area contributed by atoms with Gasteiger partial charge in [0, 0.05) is 60.7 Å². The molecule has 1 aromatic carbocycles. The Bertz CT molecular complexity index is 935. The maximum atomic E-state index is 12.7. The number of hydrogen-bond acceptors (Lipinski definition) is 3. The molecule has 1 saturated heterocycles. The zero-order valence-electron chi connectivity index (χ0n) is 14.9. The smallest absolute Gasteiger partial charge is 0.250 e. The lowest BCUT2D eigenvalue weighted by molar-refractivity contribution is -0.133. The number of aromatic nitrogens is 1. The predicted octanol–water partition coefficient (Wildman–Crippen LogP) is 3.11. The van der Waals surface area contributed by atoms with E-state index in [2.05, 4.69) is 0 Å². The number of hydrogen-bond donors (Lipinski definition) is 0. The Hall–Kier alpha value is -2.40. The van der Waals surface area contributed by atoms with E-state index in [4.69, 9.17) is 11.6 Å². The van der Waals surface area contributed by atoms with Crippen molar-refractivity contribution in [3.63, 3.8) is 0 Å². The van der Waals surface area contributed by atoms with Crippen molar-refractivity contribution in [2.75, 3.05) is 13.1 Å². The monoisotopic (exact) mass is 384 g/mol. The average Bonchev–Trinajstić information content (AvgIpc) is 2.67. The first-order valence-corrected chi connectivity index (χ1v) is 9.65. The fraction of sp³-hybridized carbons (Fsp3) is 0.381. The number of piperidine rings is 1. The number of carbonyl (C=O) groups is 2. The Labute approximate surface area is 162 Å². The molecule has 0 unspecified atom stereocenters. The van der Waals surface area contributed by atoms with Gasteiger partial charge in [-0.15, -0.1) is 0 Å². The highest BCUT2D eigenvalue weighted by atomic mass is 35.5. The molecule has 2 aromatic rings. The predicted molar refractivity (Wildman–Crippen MR) is 103 cm³/mol. The summed E-state index contributed by atoms with van der Waals surface area (Å²) in [5, 5.41) is 0.585. The molecule has 0 N–H and O–H groups in total. The van der Waals surface area contributed by atoms with Crippen LogP contribution in [0.2, 0.25) is 5.02 Å². The summed E-state index contributed by atoms with van der Waals surface area (Å²) >= 11 is 5.84. The highest BCUT2D eigenvalue weighted by molar-refractivity contribution is 6.30. The summed E-state index contributed by atoms with van der Waals surface area (Å²) in [4.78, 5) is 38.9. The van der Waals surface area contributed by atoms with Crippen LogP contribution in [0.5, 0.6) is 0 Å². The van der Waals surface area contributed by atoms with Crippen LogP contribution >= 0.6 is 11.6 Å². The minimum absolute atomic E-state index is 0.0127. The van der Waals surface area contributed by atoms with Crippen LogP contribution in [-0.4, -0.2) is 34.2 Å². The third-order valence-electron chi connectivity index (χ3n) is 5.56. The van der Waals surface area contributed by atoms with Gasteiger partial charge in [0.2, 0.25) is 5.91 Å². The van der Waals surface area contributed by atoms with Gasteiger partial charge in [0.1, 0.15) is 0 Å². The lowest BCUT2D eigenvalue weighted by atomic mass is 9.83. The van der Waals surface area contributed by atoms with Crippen molar-refractivity contribution in [3.05, 3.63) is 69.1 Å². The number of amides is 1. The fourth-order valence-electron chi connectivity index (χ4n) is 4.26. The molecule has 3 heterocycles. The number of halogens is 1. The van der Waals surface area contributed by atoms with Crippen LogP contribution < -0.4 is 5.56 Å². The van der Waals surface area contributed by atoms with Gasteiger partial charge in [-0.25, -0.2) is 0 Å². The van der Waals surface area contributed by atoms with E-state index in [0.29, 0.717) is 36.1 Å². The summed E-state index contributed by atoms with van der Waals surface area (Å²) in [6.07, 6.45) is 1.42. The normalized spacial score (nSPS) is 20.9. The van der Waals surface area contributed by atoms with Crippen LogP contribution in [-0.2, 0) is 11.3 Å². The Morgan fingerprint density at radius 3 is 2.56 bits per heavy atom. The molecule has 1 amide bonds. The van der Waals surface area contributed by atoms with Crippen molar-refractivity contribution in [1.82, 2.24) is 9.47 Å². The number of rotatable bonds is 4. The molecule has 1 aromatic heterocycles. The van der Waals surface area contributed by atoms with Gasteiger partial charge >= 0.3 is 0 Å². The maximum Gasteiger partial charge on any atom is 0.250 e. The van der Waals surface area contributed by atoms with Crippen LogP contribution in [0.4, 0.5) is 0 Å². The molecule has 0 saturated carbocycles. The number of carbonyl (C=O) groups excluding carboxylic acids is 2. The minimum atomic E-state index is -0.0471. The number of ketones is 1. The summed E-state index contributed by atoms with van der Waals surface area (Å²) in [5.74, 6) is 0.461. The maximum absolute atomic E-state index is 12.7. The van der Waals surface area contributed by atoms with E-state index in [1.54, 1.807) is 36.4 Å². The van der Waals surface area contributed by atoms with E-state index < -0.39 is 0 Å². The standard InChI is InChI=1S/C21H21ClN2O3/c22-17-6-4-15(5-7-17)19(25)8-9-20(26)23-11-14-10-16(13-23)18-2-1-3-21(27)24(18)12-14/h1-7,14,16H,8-13H2/t14-,16+/m1/s1. The van der Waals surface area contributed by atoms with E-state index >= 15 is 0 Å². The van der Waals surface area contributed by atoms with Crippen LogP contribution in [0.3, 0.4) is 0 Å². The van der Waals surface area contributed by atoms with E-state index in [9.17, 15) is 14.4 Å². The molecule has 27 heavy (non-hydrogen) atoms. The molecule has 2 aliphatic rings. The second-order valence-electron chi connectivity index (χ2n) is 7.43. The molecule has 4 rings (SSSR count). The van der Waals surface area contributed by atoms with Crippen LogP contribution in [0.1, 0.15) is 41.2 Å². The Kier molecular flexibility index (Phi) is 4.87. The van der Waals surface area contributed by atoms with E-state index in [-0.39, 0.29) is 36.0 Å². The van der Waals surface area contributed by atoms with Crippen molar-refractivity contribution in [2.45, 2.75) is 31.7 Å². The number of fused-ring (bicyclic) bond motifs is 4. The third kappa shape index (κ3) is 3.69. The van der Waals surface area contributed by atoms with Gasteiger partial charge in [-0.05, 0) is 42.7 Å². The molecule has 5 nitrogen and oxygen atoms in total. The van der Waals surface area contributed by atoms with Gasteiger partial charge in [-0.3, -0.25) is 14.4 Å². The first-order valence-electron chi connectivity index (χ1n) is 9.27. The first-order chi connectivity index (χ1) is 13.0. The molecule has 0 radical (unpaired) electrons. The van der Waals surface area contributed by atoms with Gasteiger partial charge in [-0.1, -0.05) is 17.7 Å². The summed E-state index contributed by atoms with van der Waals surface area (Å²) in [6.45, 7) is 1.94. The van der Waals surface area contributed by atoms with Crippen molar-refractivity contribution in [3.8, 4) is 0 Å². The number of pyridine rings is 1. The largest absolute Gasteiger partial charge is 0.342 e. The van der Waals surface area contributed by atoms with Crippen LogP contribution in [0.15, 0.2) is 47.3 Å². The van der Waals surface area contributed by atoms with Gasteiger partial charge < -0.3 is 9.47 Å². The van der Waals surface area contributed by atoms with Gasteiger partial charge in [-0.2, -0.15) is 0 Å². The van der Waals surface area contributed by atoms with Crippen molar-refractivity contribution in [1.29, 1.82) is 0 Å². The minimum Gasteiger partial charge on any atom is -0.342 e. The Morgan fingerprint density at radius 2 is 1.78 bits per heavy atom. The zero-order chi connectivity index (χ0) is 19.0. The van der Waals surface area contributed by atoms with Gasteiger partial charge in [0.05, 0.1) is 0 Å². The average molecular weight is 385 g/mol. The molecule has 1 fully saturated rings. The summed E-state index contributed by atoms with van der Waals surface area (Å²) in [5.41, 5.74) is 1.64. The fourth-order valence-corrected chi connectivity index (χ4v) is 4.38. The number of likely N-dealkylation sites (tertiary alicyclic amines) is 1. The molecule has 2 aliphatic heterocycles. The molecular weight excluding hydrogens is 364 g/mol. The van der Waals surface area contributed by atoms with Crippen molar-refractivity contribution in [2.24, 2.45) is 5.92 Å². The Morgan fingerprint density at radius 1 is 1.00 bits per heavy atom. The molecular formula is C21H21ClN2O3. The van der Waals surface area contributed by atoms with E-state index in [1.165, 1.54) is 0 Å². The molecule has 0 aliphatic carbocycles. The van der Waals surface area contributed by atoms with Crippen molar-refractivity contribution >= 4 is 23.3 Å². The number of benzene rings is 1. The second kappa shape index (κ2) is 7.31. The van der Waals surface area contributed by atoms with Crippen LogP contribution in [0.25, 0.3) is 0 Å². The second-order valence-corrected chi connectivity index (χ2v) is 7.86.